The van der Waals surface area contributed by atoms with Crippen LogP contribution in [0.4, 0.5) is 18.0 Å². The molecule has 14 nitrogen and oxygen atoms in total. The number of rotatable bonds is 8. The maximum Gasteiger partial charge on any atom is 0.411 e. The summed E-state index contributed by atoms with van der Waals surface area (Å²) in [5.41, 5.74) is -3.73. The molecular weight excluding hydrogens is 808 g/mol. The first kappa shape index (κ1) is 43.5. The Bertz CT molecular complexity index is 2200. The Morgan fingerprint density at radius 1 is 1.15 bits per heavy atom. The van der Waals surface area contributed by atoms with Crippen molar-refractivity contribution in [1.82, 2.24) is 24.8 Å². The number of ether oxygens (including phenoxy) is 2. The molecule has 7 atom stereocenters. The summed E-state index contributed by atoms with van der Waals surface area (Å²) in [7, 11) is -4.12. The summed E-state index contributed by atoms with van der Waals surface area (Å²) in [6, 6.07) is 2.19. The highest BCUT2D eigenvalue weighted by atomic mass is 32.2. The number of hydrogen-bond donors (Lipinski definition) is 3. The molecule has 4 heterocycles. The summed E-state index contributed by atoms with van der Waals surface area (Å²) in [5, 5.41) is 14.7. The fourth-order valence-electron chi connectivity index (χ4n) is 9.07. The highest BCUT2D eigenvalue weighted by molar-refractivity contribution is 7.91. The molecule has 1 aromatic carbocycles. The van der Waals surface area contributed by atoms with E-state index < -0.39 is 85.9 Å². The van der Waals surface area contributed by atoms with E-state index in [0.717, 1.165) is 28.7 Å². The number of nitrogens with one attached hydrogen (secondary N) is 2. The van der Waals surface area contributed by atoms with Gasteiger partial charge in [0.15, 0.2) is 0 Å². The van der Waals surface area contributed by atoms with Crippen LogP contribution in [-0.4, -0.2) is 105 Å². The summed E-state index contributed by atoms with van der Waals surface area (Å²) in [5.74, 6) is -3.63. The Balaban J connectivity index is 1.30. The molecule has 18 heteroatoms. The number of halogens is 3. The molecule has 4 amide bonds. The summed E-state index contributed by atoms with van der Waals surface area (Å²) >= 11 is 0. The third-order valence-electron chi connectivity index (χ3n) is 13.4. The minimum atomic E-state index is -5.09. The SMILES string of the molecule is CC[C@@H]1C[C@H](C)CC/C=C\[C@@H]2C[C@@]2(C(=O)NS(=O)(=O)C2(C)CC2)NC(=O)[C@@H]2C[C@@H](Oc3nccc4c5c(ccc34)CCCO5)CN2C(=O)[C@H]1N(C(=O)O)C(C)(C)C(F)(F)F. The zero-order chi connectivity index (χ0) is 43.6. The van der Waals surface area contributed by atoms with Gasteiger partial charge in [-0.05, 0) is 102 Å². The largest absolute Gasteiger partial charge is 0.493 e. The predicted molar refractivity (Wildman–Crippen MR) is 213 cm³/mol. The van der Waals surface area contributed by atoms with Crippen molar-refractivity contribution in [2.75, 3.05) is 13.2 Å². The number of aryl methyl sites for hydroxylation is 1. The first-order valence-electron chi connectivity index (χ1n) is 20.8. The van der Waals surface area contributed by atoms with Crippen LogP contribution in [0.5, 0.6) is 11.6 Å². The van der Waals surface area contributed by atoms with Crippen LogP contribution >= 0.6 is 0 Å². The molecule has 2 saturated carbocycles. The van der Waals surface area contributed by atoms with E-state index in [9.17, 15) is 41.1 Å². The van der Waals surface area contributed by atoms with Gasteiger partial charge in [0.25, 0.3) is 5.91 Å². The van der Waals surface area contributed by atoms with Gasteiger partial charge in [0, 0.05) is 29.3 Å². The number of nitrogens with zero attached hydrogens (tertiary/aromatic N) is 3. The van der Waals surface area contributed by atoms with E-state index in [-0.39, 0.29) is 48.9 Å². The summed E-state index contributed by atoms with van der Waals surface area (Å²) < 4.78 is 84.5. The number of hydrogen-bond acceptors (Lipinski definition) is 9. The molecule has 3 N–H and O–H groups in total. The van der Waals surface area contributed by atoms with E-state index >= 15 is 4.79 Å². The van der Waals surface area contributed by atoms with Crippen molar-refractivity contribution in [3.8, 4) is 11.6 Å². The fraction of sp³-hybridized carbons (Fsp3) is 0.643. The second-order valence-electron chi connectivity index (χ2n) is 18.0. The van der Waals surface area contributed by atoms with Crippen molar-refractivity contribution in [1.29, 1.82) is 0 Å². The van der Waals surface area contributed by atoms with Crippen LogP contribution in [0, 0.1) is 17.8 Å². The van der Waals surface area contributed by atoms with Crippen LogP contribution in [0.2, 0.25) is 0 Å². The molecule has 60 heavy (non-hydrogen) atoms. The standard InChI is InChI=1S/C42H54F3N5O9S/c1-6-25-20-24(2)10-7-8-12-27-22-41(27,37(53)48-60(56,57)40(5)16-17-40)47-34(51)31-21-28(23-49(31)36(52)32(25)50(38(54)55)39(3,4)42(43,44)45)59-35-30-14-13-26-11-9-19-58-33(26)29(30)15-18-46-35/h8,12-15,18,24-25,27-28,31-32H,6-7,9-11,16-17,19-23H2,1-5H3,(H,47,51)(H,48,53)(H,54,55)/b12-8-/t24-,25-,27-,28-,31+,32+,41-/m1/s1. The van der Waals surface area contributed by atoms with Crippen molar-refractivity contribution < 1.29 is 55.3 Å². The van der Waals surface area contributed by atoms with Crippen molar-refractivity contribution >= 4 is 44.6 Å². The second-order valence-corrected chi connectivity index (χ2v) is 20.2. The predicted octanol–water partition coefficient (Wildman–Crippen LogP) is 5.87. The fourth-order valence-corrected chi connectivity index (χ4v) is 10.4. The molecule has 2 aliphatic carbocycles. The maximum atomic E-state index is 15.2. The lowest BCUT2D eigenvalue weighted by Crippen LogP contribution is -2.66. The van der Waals surface area contributed by atoms with Crippen LogP contribution in [0.3, 0.4) is 0 Å². The van der Waals surface area contributed by atoms with Gasteiger partial charge < -0.3 is 24.8 Å². The minimum Gasteiger partial charge on any atom is -0.493 e. The first-order chi connectivity index (χ1) is 28.1. The van der Waals surface area contributed by atoms with Crippen LogP contribution in [0.25, 0.3) is 10.8 Å². The van der Waals surface area contributed by atoms with Gasteiger partial charge in [-0.3, -0.25) is 24.0 Å². The van der Waals surface area contributed by atoms with Gasteiger partial charge in [-0.1, -0.05) is 38.5 Å². The van der Waals surface area contributed by atoms with Gasteiger partial charge in [0.1, 0.15) is 35.0 Å². The van der Waals surface area contributed by atoms with E-state index in [2.05, 4.69) is 15.0 Å². The number of benzene rings is 1. The number of amides is 4. The van der Waals surface area contributed by atoms with Crippen LogP contribution in [-0.2, 0) is 30.8 Å². The number of carbonyl (C=O) groups is 4. The van der Waals surface area contributed by atoms with Crippen molar-refractivity contribution in [3.05, 3.63) is 42.1 Å². The van der Waals surface area contributed by atoms with E-state index in [1.165, 1.54) is 13.1 Å². The number of sulfonamides is 1. The average Bonchev–Trinajstić information content (AvgIpc) is 4.06. The molecule has 0 bridgehead atoms. The number of pyridine rings is 1. The zero-order valence-electron chi connectivity index (χ0n) is 34.5. The lowest BCUT2D eigenvalue weighted by molar-refractivity contribution is -0.222. The number of fused-ring (bicyclic) bond motifs is 5. The third kappa shape index (κ3) is 7.88. The molecular formula is C42H54F3N5O9S. The van der Waals surface area contributed by atoms with Gasteiger partial charge in [-0.2, -0.15) is 13.2 Å². The molecule has 1 saturated heterocycles. The van der Waals surface area contributed by atoms with Crippen molar-refractivity contribution in [3.63, 3.8) is 0 Å². The minimum absolute atomic E-state index is 0.0584. The van der Waals surface area contributed by atoms with Gasteiger partial charge in [0.2, 0.25) is 27.7 Å². The highest BCUT2D eigenvalue weighted by Crippen LogP contribution is 2.48. The topological polar surface area (TPSA) is 185 Å². The molecule has 7 rings (SSSR count). The molecule has 5 aliphatic rings. The molecule has 1 aromatic heterocycles. The van der Waals surface area contributed by atoms with Gasteiger partial charge in [0.05, 0.1) is 17.9 Å². The van der Waals surface area contributed by atoms with Gasteiger partial charge >= 0.3 is 12.3 Å². The molecule has 328 valence electrons. The number of alkyl halides is 3. The zero-order valence-corrected chi connectivity index (χ0v) is 35.3. The van der Waals surface area contributed by atoms with Crippen molar-refractivity contribution in [2.24, 2.45) is 17.8 Å². The molecule has 2 aromatic rings. The normalized spacial score (nSPS) is 30.0. The smallest absolute Gasteiger partial charge is 0.411 e. The number of carbonyl (C=O) groups excluding carboxylic acids is 3. The Labute approximate surface area is 347 Å². The van der Waals surface area contributed by atoms with Crippen LogP contribution in [0.15, 0.2) is 36.5 Å². The summed E-state index contributed by atoms with van der Waals surface area (Å²) in [6.07, 6.45) is 0.667. The Hall–Kier alpha value is -4.61. The summed E-state index contributed by atoms with van der Waals surface area (Å²) in [4.78, 5) is 62.7. The van der Waals surface area contributed by atoms with E-state index in [1.807, 2.05) is 25.1 Å². The van der Waals surface area contributed by atoms with Gasteiger partial charge in [-0.25, -0.2) is 18.2 Å². The quantitative estimate of drug-likeness (QED) is 0.271. The Morgan fingerprint density at radius 3 is 2.55 bits per heavy atom. The molecule has 3 aliphatic heterocycles. The number of aromatic nitrogens is 1. The second kappa shape index (κ2) is 15.7. The summed E-state index contributed by atoms with van der Waals surface area (Å²) in [6.45, 7) is 6.70. The van der Waals surface area contributed by atoms with E-state index in [4.69, 9.17) is 9.47 Å². The monoisotopic (exact) mass is 861 g/mol. The van der Waals surface area contributed by atoms with E-state index in [0.29, 0.717) is 57.3 Å². The van der Waals surface area contributed by atoms with Crippen LogP contribution in [0.1, 0.15) is 98.0 Å². The van der Waals surface area contributed by atoms with Crippen molar-refractivity contribution in [2.45, 2.75) is 139 Å². The Kier molecular flexibility index (Phi) is 11.4. The maximum absolute atomic E-state index is 15.2. The Morgan fingerprint density at radius 2 is 1.88 bits per heavy atom. The number of allylic oxidation sites excluding steroid dienone is 1. The third-order valence-corrected chi connectivity index (χ3v) is 15.6. The highest BCUT2D eigenvalue weighted by Gasteiger charge is 2.64. The van der Waals surface area contributed by atoms with Crippen LogP contribution < -0.4 is 19.5 Å². The first-order valence-corrected chi connectivity index (χ1v) is 22.3. The number of carboxylic acid groups (broad SMARTS) is 1. The molecule has 0 unspecified atom stereocenters. The van der Waals surface area contributed by atoms with Gasteiger partial charge in [-0.15, -0.1) is 0 Å². The molecule has 0 spiro atoms. The average molecular weight is 862 g/mol. The molecule has 0 radical (unpaired) electrons. The molecule has 3 fully saturated rings. The lowest BCUT2D eigenvalue weighted by Gasteiger charge is -2.46. The van der Waals surface area contributed by atoms with E-state index in [1.54, 1.807) is 19.1 Å². The lowest BCUT2D eigenvalue weighted by atomic mass is 9.82.